The number of methoxy groups -OCH3 is 2. The molecule has 0 bridgehead atoms. The number of aliphatic hydroxyl groups is 3. The first kappa shape index (κ1) is 20.5. The molecule has 1 unspecified atom stereocenters. The Kier molecular flexibility index (Phi) is 6.78. The summed E-state index contributed by atoms with van der Waals surface area (Å²) in [5.74, 6) is 1.71. The maximum atomic E-state index is 10.1. The third-order valence-corrected chi connectivity index (χ3v) is 5.29. The Morgan fingerprint density at radius 2 is 1.68 bits per heavy atom. The van der Waals surface area contributed by atoms with Gasteiger partial charge in [-0.05, 0) is 35.7 Å². The van der Waals surface area contributed by atoms with Gasteiger partial charge in [-0.3, -0.25) is 0 Å². The third-order valence-electron chi connectivity index (χ3n) is 5.29. The molecule has 0 aromatic heterocycles. The molecule has 2 aromatic rings. The summed E-state index contributed by atoms with van der Waals surface area (Å²) in [7, 11) is 3.22. The van der Waals surface area contributed by atoms with Gasteiger partial charge in [0.1, 0.15) is 11.9 Å². The van der Waals surface area contributed by atoms with Gasteiger partial charge in [-0.1, -0.05) is 24.3 Å². The Bertz CT molecular complexity index is 777. The summed E-state index contributed by atoms with van der Waals surface area (Å²) in [6, 6.07) is 13.6. The highest BCUT2D eigenvalue weighted by Gasteiger charge is 2.36. The summed E-state index contributed by atoms with van der Waals surface area (Å²) in [5, 5.41) is 29.5. The normalized spacial score (nSPS) is 24.6. The maximum Gasteiger partial charge on any atom is 0.160 e. The van der Waals surface area contributed by atoms with Gasteiger partial charge in [-0.25, -0.2) is 0 Å². The molecule has 0 aliphatic heterocycles. The van der Waals surface area contributed by atoms with E-state index in [0.717, 1.165) is 16.9 Å². The minimum absolute atomic E-state index is 0.175. The van der Waals surface area contributed by atoms with Gasteiger partial charge in [0.25, 0.3) is 0 Å². The zero-order chi connectivity index (χ0) is 20.1. The second kappa shape index (κ2) is 9.28. The van der Waals surface area contributed by atoms with Gasteiger partial charge in [-0.15, -0.1) is 0 Å². The van der Waals surface area contributed by atoms with Gasteiger partial charge in [-0.2, -0.15) is 0 Å². The molecule has 0 saturated heterocycles. The van der Waals surface area contributed by atoms with Crippen LogP contribution in [0.2, 0.25) is 0 Å². The molecule has 152 valence electrons. The van der Waals surface area contributed by atoms with Crippen LogP contribution in [0.25, 0.3) is 0 Å². The third kappa shape index (κ3) is 4.58. The SMILES string of the molecule is COc1ccc(Cc2ccccc2O[C@H]2CC(O)[C@H](O)[C@@H](CO)C2)cc1OC. The van der Waals surface area contributed by atoms with Crippen molar-refractivity contribution in [2.75, 3.05) is 20.8 Å². The van der Waals surface area contributed by atoms with Crippen molar-refractivity contribution in [1.82, 2.24) is 0 Å². The van der Waals surface area contributed by atoms with Crippen molar-refractivity contribution in [2.45, 2.75) is 37.6 Å². The molecular weight excluding hydrogens is 360 g/mol. The van der Waals surface area contributed by atoms with Crippen LogP contribution in [-0.4, -0.2) is 54.5 Å². The van der Waals surface area contributed by atoms with E-state index in [9.17, 15) is 15.3 Å². The summed E-state index contributed by atoms with van der Waals surface area (Å²) in [6.45, 7) is -0.175. The van der Waals surface area contributed by atoms with E-state index >= 15 is 0 Å². The molecule has 0 spiro atoms. The fourth-order valence-corrected chi connectivity index (χ4v) is 3.73. The summed E-state index contributed by atoms with van der Waals surface area (Å²) in [5.41, 5.74) is 2.07. The van der Waals surface area contributed by atoms with E-state index in [1.807, 2.05) is 42.5 Å². The summed E-state index contributed by atoms with van der Waals surface area (Å²) >= 11 is 0. The van der Waals surface area contributed by atoms with E-state index < -0.39 is 12.2 Å². The largest absolute Gasteiger partial charge is 0.493 e. The van der Waals surface area contributed by atoms with Crippen molar-refractivity contribution in [1.29, 1.82) is 0 Å². The van der Waals surface area contributed by atoms with Gasteiger partial charge in [0.15, 0.2) is 11.5 Å². The Balaban J connectivity index is 1.77. The standard InChI is InChI=1S/C22H28O6/c1-26-20-8-7-14(10-21(20)27-2)9-15-5-3-4-6-19(15)28-17-11-16(13-23)22(25)18(24)12-17/h3-8,10,16-18,22-25H,9,11-13H2,1-2H3/t16-,17-,18?,22-/m1/s1. The van der Waals surface area contributed by atoms with Crippen LogP contribution in [0.1, 0.15) is 24.0 Å². The molecule has 2 aromatic carbocycles. The molecule has 28 heavy (non-hydrogen) atoms. The second-order valence-electron chi connectivity index (χ2n) is 7.19. The average Bonchev–Trinajstić information content (AvgIpc) is 2.71. The van der Waals surface area contributed by atoms with Crippen LogP contribution in [-0.2, 0) is 6.42 Å². The first-order valence-electron chi connectivity index (χ1n) is 9.48. The van der Waals surface area contributed by atoms with Crippen molar-refractivity contribution in [3.05, 3.63) is 53.6 Å². The number of hydrogen-bond donors (Lipinski definition) is 3. The molecule has 0 heterocycles. The molecule has 6 heteroatoms. The first-order chi connectivity index (χ1) is 13.5. The molecule has 0 amide bonds. The predicted molar refractivity (Wildman–Crippen MR) is 105 cm³/mol. The van der Waals surface area contributed by atoms with Gasteiger partial charge in [0, 0.05) is 25.4 Å². The lowest BCUT2D eigenvalue weighted by atomic mass is 9.83. The molecule has 1 aliphatic rings. The van der Waals surface area contributed by atoms with Crippen LogP contribution in [0.3, 0.4) is 0 Å². The van der Waals surface area contributed by atoms with Gasteiger partial charge < -0.3 is 29.5 Å². The van der Waals surface area contributed by atoms with Crippen molar-refractivity contribution in [2.24, 2.45) is 5.92 Å². The van der Waals surface area contributed by atoms with E-state index in [1.54, 1.807) is 14.2 Å². The van der Waals surface area contributed by atoms with E-state index in [1.165, 1.54) is 0 Å². The Morgan fingerprint density at radius 3 is 2.39 bits per heavy atom. The molecule has 0 radical (unpaired) electrons. The number of rotatable bonds is 7. The van der Waals surface area contributed by atoms with Crippen LogP contribution in [0.4, 0.5) is 0 Å². The molecular formula is C22H28O6. The molecule has 3 rings (SSSR count). The van der Waals surface area contributed by atoms with Crippen LogP contribution in [0.15, 0.2) is 42.5 Å². The van der Waals surface area contributed by atoms with E-state index in [-0.39, 0.29) is 18.6 Å². The minimum Gasteiger partial charge on any atom is -0.493 e. The van der Waals surface area contributed by atoms with Crippen LogP contribution >= 0.6 is 0 Å². The Hall–Kier alpha value is -2.28. The Morgan fingerprint density at radius 1 is 0.929 bits per heavy atom. The zero-order valence-corrected chi connectivity index (χ0v) is 16.2. The number of ether oxygens (including phenoxy) is 3. The summed E-state index contributed by atoms with van der Waals surface area (Å²) < 4.78 is 16.8. The van der Waals surface area contributed by atoms with E-state index in [2.05, 4.69) is 0 Å². The molecule has 6 nitrogen and oxygen atoms in total. The van der Waals surface area contributed by atoms with E-state index in [0.29, 0.717) is 30.8 Å². The van der Waals surface area contributed by atoms with Crippen molar-refractivity contribution in [3.63, 3.8) is 0 Å². The number of aliphatic hydroxyl groups excluding tert-OH is 3. The molecule has 4 atom stereocenters. The Labute approximate surface area is 165 Å². The molecule has 1 aliphatic carbocycles. The highest BCUT2D eigenvalue weighted by Crippen LogP contribution is 2.32. The van der Waals surface area contributed by atoms with Crippen LogP contribution in [0.5, 0.6) is 17.2 Å². The monoisotopic (exact) mass is 388 g/mol. The fraction of sp³-hybridized carbons (Fsp3) is 0.455. The van der Waals surface area contributed by atoms with Crippen molar-refractivity contribution >= 4 is 0 Å². The smallest absolute Gasteiger partial charge is 0.160 e. The number of para-hydroxylation sites is 1. The second-order valence-corrected chi connectivity index (χ2v) is 7.19. The molecule has 1 fully saturated rings. The first-order valence-corrected chi connectivity index (χ1v) is 9.48. The fourth-order valence-electron chi connectivity index (χ4n) is 3.73. The zero-order valence-electron chi connectivity index (χ0n) is 16.2. The highest BCUT2D eigenvalue weighted by atomic mass is 16.5. The van der Waals surface area contributed by atoms with Crippen LogP contribution in [0, 0.1) is 5.92 Å². The highest BCUT2D eigenvalue weighted by molar-refractivity contribution is 5.45. The molecule has 1 saturated carbocycles. The number of benzene rings is 2. The predicted octanol–water partition coefficient (Wildman–Crippen LogP) is 2.17. The lowest BCUT2D eigenvalue weighted by molar-refractivity contribution is -0.0892. The summed E-state index contributed by atoms with van der Waals surface area (Å²) in [4.78, 5) is 0. The van der Waals surface area contributed by atoms with Gasteiger partial charge in [0.05, 0.1) is 26.4 Å². The average molecular weight is 388 g/mol. The van der Waals surface area contributed by atoms with Crippen LogP contribution < -0.4 is 14.2 Å². The molecule has 3 N–H and O–H groups in total. The quantitative estimate of drug-likeness (QED) is 0.674. The van der Waals surface area contributed by atoms with Crippen molar-refractivity contribution < 1.29 is 29.5 Å². The van der Waals surface area contributed by atoms with Crippen molar-refractivity contribution in [3.8, 4) is 17.2 Å². The summed E-state index contributed by atoms with van der Waals surface area (Å²) in [6.07, 6.45) is -0.581. The lowest BCUT2D eigenvalue weighted by Gasteiger charge is -2.36. The van der Waals surface area contributed by atoms with Gasteiger partial charge in [0.2, 0.25) is 0 Å². The van der Waals surface area contributed by atoms with Gasteiger partial charge >= 0.3 is 0 Å². The lowest BCUT2D eigenvalue weighted by Crippen LogP contribution is -2.46. The minimum atomic E-state index is -0.910. The topological polar surface area (TPSA) is 88.4 Å². The maximum absolute atomic E-state index is 10.1. The van der Waals surface area contributed by atoms with E-state index in [4.69, 9.17) is 14.2 Å². The number of hydrogen-bond acceptors (Lipinski definition) is 6.